The summed E-state index contributed by atoms with van der Waals surface area (Å²) in [6, 6.07) is 65.7. The average Bonchev–Trinajstić information content (AvgIpc) is 3.91. The lowest BCUT2D eigenvalue weighted by Crippen LogP contribution is -2.23. The predicted octanol–water partition coefficient (Wildman–Crippen LogP) is 13.5. The number of benzene rings is 8. The molecule has 51 heavy (non-hydrogen) atoms. The molecule has 0 fully saturated rings. The van der Waals surface area contributed by atoms with Crippen molar-refractivity contribution in [2.24, 2.45) is 0 Å². The van der Waals surface area contributed by atoms with Gasteiger partial charge >= 0.3 is 0 Å². The number of hydrogen-bond donors (Lipinski definition) is 0. The van der Waals surface area contributed by atoms with Gasteiger partial charge in [0.25, 0.3) is 0 Å². The van der Waals surface area contributed by atoms with E-state index in [0.29, 0.717) is 0 Å². The van der Waals surface area contributed by atoms with Gasteiger partial charge in [-0.05, 0) is 97.6 Å². The van der Waals surface area contributed by atoms with Crippen LogP contribution in [0.4, 0.5) is 17.1 Å². The molecule has 3 aliphatic carbocycles. The van der Waals surface area contributed by atoms with E-state index in [1.165, 1.54) is 104 Å². The van der Waals surface area contributed by atoms with Crippen LogP contribution < -0.4 is 4.90 Å². The molecule has 0 saturated heterocycles. The van der Waals surface area contributed by atoms with Crippen molar-refractivity contribution < 1.29 is 0 Å². The van der Waals surface area contributed by atoms with Crippen LogP contribution in [0.5, 0.6) is 0 Å². The molecule has 0 saturated carbocycles. The summed E-state index contributed by atoms with van der Waals surface area (Å²) in [5.74, 6) is 0. The molecule has 2 heteroatoms. The number of rotatable bonds is 4. The zero-order valence-corrected chi connectivity index (χ0v) is 28.4. The summed E-state index contributed by atoms with van der Waals surface area (Å²) >= 11 is 1.87. The van der Waals surface area contributed by atoms with Crippen molar-refractivity contribution in [3.63, 3.8) is 0 Å². The average molecular weight is 664 g/mol. The number of para-hydroxylation sites is 1. The van der Waals surface area contributed by atoms with Gasteiger partial charge in [-0.2, -0.15) is 0 Å². The SMILES string of the molecule is c1ccc(-c2ccccc2N(c2ccc3c(c2)C24c5ccccc5-c5cccc(c52)-c2cccc-3c24)c2cccc3sc4ccccc4c23)cc1. The third-order valence-electron chi connectivity index (χ3n) is 11.6. The highest BCUT2D eigenvalue weighted by Crippen LogP contribution is 2.70. The minimum absolute atomic E-state index is 0.342. The van der Waals surface area contributed by atoms with Gasteiger partial charge in [-0.25, -0.2) is 0 Å². The smallest absolute Gasteiger partial charge is 0.0738 e. The molecule has 1 spiro atoms. The van der Waals surface area contributed by atoms with Crippen molar-refractivity contribution in [1.82, 2.24) is 0 Å². The van der Waals surface area contributed by atoms with Crippen LogP contribution in [0.25, 0.3) is 64.7 Å². The second-order valence-electron chi connectivity index (χ2n) is 13.9. The van der Waals surface area contributed by atoms with E-state index in [1.54, 1.807) is 0 Å². The number of nitrogens with zero attached hydrogens (tertiary/aromatic N) is 1. The Morgan fingerprint density at radius 2 is 0.961 bits per heavy atom. The Balaban J connectivity index is 1.19. The predicted molar refractivity (Wildman–Crippen MR) is 215 cm³/mol. The standard InChI is InChI=1S/C49H29NS/c1-2-13-30(14-3-1)32-15-5-8-23-42(32)50(43-24-12-26-45-46(43)39-17-6-9-25-44(39)51-45)31-27-28-34-36-19-11-21-38-37-20-10-18-35-33-16-4-7-22-40(33)49(47(35)37,48(36)38)41(34)29-31/h1-29H. The maximum atomic E-state index is 2.53. The summed E-state index contributed by atoms with van der Waals surface area (Å²) in [4.78, 5) is 2.53. The van der Waals surface area contributed by atoms with Crippen molar-refractivity contribution in [3.05, 3.63) is 198 Å². The maximum Gasteiger partial charge on any atom is 0.0738 e. The van der Waals surface area contributed by atoms with Crippen LogP contribution in [0.15, 0.2) is 176 Å². The molecule has 236 valence electrons. The molecule has 0 bridgehead atoms. The molecule has 8 aromatic carbocycles. The fraction of sp³-hybridized carbons (Fsp3) is 0.0204. The van der Waals surface area contributed by atoms with E-state index in [0.717, 1.165) is 0 Å². The summed E-state index contributed by atoms with van der Waals surface area (Å²) in [7, 11) is 0. The number of fused-ring (bicyclic) bond motifs is 8. The van der Waals surface area contributed by atoms with Crippen LogP contribution >= 0.6 is 11.3 Å². The summed E-state index contributed by atoms with van der Waals surface area (Å²) in [6.07, 6.45) is 0. The van der Waals surface area contributed by atoms with Gasteiger partial charge in [0.1, 0.15) is 0 Å². The van der Waals surface area contributed by atoms with Crippen LogP contribution in [-0.2, 0) is 5.41 Å². The van der Waals surface area contributed by atoms with Gasteiger partial charge in [0.2, 0.25) is 0 Å². The van der Waals surface area contributed by atoms with Crippen molar-refractivity contribution >= 4 is 48.6 Å². The first-order valence-electron chi connectivity index (χ1n) is 17.7. The molecule has 0 amide bonds. The number of anilines is 3. The molecule has 9 aromatic rings. The Morgan fingerprint density at radius 1 is 0.392 bits per heavy atom. The first-order valence-corrected chi connectivity index (χ1v) is 18.5. The van der Waals surface area contributed by atoms with Crippen molar-refractivity contribution in [2.45, 2.75) is 5.41 Å². The largest absolute Gasteiger partial charge is 0.309 e. The molecule has 12 rings (SSSR count). The van der Waals surface area contributed by atoms with E-state index in [-0.39, 0.29) is 5.41 Å². The monoisotopic (exact) mass is 663 g/mol. The summed E-state index contributed by atoms with van der Waals surface area (Å²) in [6.45, 7) is 0. The van der Waals surface area contributed by atoms with Gasteiger partial charge in [0.15, 0.2) is 0 Å². The second kappa shape index (κ2) is 9.94. The highest BCUT2D eigenvalue weighted by Gasteiger charge is 2.57. The first-order chi connectivity index (χ1) is 25.3. The summed E-state index contributed by atoms with van der Waals surface area (Å²) in [5, 5.41) is 2.59. The maximum absolute atomic E-state index is 2.53. The summed E-state index contributed by atoms with van der Waals surface area (Å²) < 4.78 is 2.61. The van der Waals surface area contributed by atoms with Gasteiger partial charge in [0.05, 0.1) is 16.8 Å². The third kappa shape index (κ3) is 3.41. The van der Waals surface area contributed by atoms with Gasteiger partial charge in [-0.1, -0.05) is 140 Å². The van der Waals surface area contributed by atoms with Gasteiger partial charge in [-0.3, -0.25) is 0 Å². The molecule has 1 nitrogen and oxygen atoms in total. The first kappa shape index (κ1) is 27.6. The topological polar surface area (TPSA) is 3.24 Å². The van der Waals surface area contributed by atoms with Crippen molar-refractivity contribution in [2.75, 3.05) is 4.90 Å². The van der Waals surface area contributed by atoms with E-state index in [9.17, 15) is 0 Å². The highest BCUT2D eigenvalue weighted by atomic mass is 32.1. The molecular formula is C49H29NS. The Hall–Kier alpha value is -6.22. The highest BCUT2D eigenvalue weighted by molar-refractivity contribution is 7.26. The van der Waals surface area contributed by atoms with Gasteiger partial charge in [0, 0.05) is 31.4 Å². The molecular weight excluding hydrogens is 635 g/mol. The van der Waals surface area contributed by atoms with Crippen LogP contribution in [0, 0.1) is 0 Å². The minimum Gasteiger partial charge on any atom is -0.309 e. The van der Waals surface area contributed by atoms with Gasteiger partial charge < -0.3 is 4.90 Å². The van der Waals surface area contributed by atoms with Gasteiger partial charge in [-0.15, -0.1) is 11.3 Å². The van der Waals surface area contributed by atoms with E-state index in [2.05, 4.69) is 181 Å². The van der Waals surface area contributed by atoms with Crippen LogP contribution in [0.1, 0.15) is 22.3 Å². The number of hydrogen-bond acceptors (Lipinski definition) is 2. The summed E-state index contributed by atoms with van der Waals surface area (Å²) in [5.41, 5.74) is 19.4. The Morgan fingerprint density at radius 3 is 1.76 bits per heavy atom. The Labute approximate surface area is 300 Å². The van der Waals surface area contributed by atoms with E-state index < -0.39 is 0 Å². The van der Waals surface area contributed by atoms with Crippen LogP contribution in [0.3, 0.4) is 0 Å². The minimum atomic E-state index is -0.342. The quantitative estimate of drug-likeness (QED) is 0.181. The lowest BCUT2D eigenvalue weighted by Gasteiger charge is -2.31. The molecule has 1 aromatic heterocycles. The lowest BCUT2D eigenvalue weighted by atomic mass is 9.73. The molecule has 3 aliphatic rings. The van der Waals surface area contributed by atoms with E-state index in [4.69, 9.17) is 0 Å². The van der Waals surface area contributed by atoms with E-state index in [1.807, 2.05) is 11.3 Å². The zero-order chi connectivity index (χ0) is 33.3. The van der Waals surface area contributed by atoms with Crippen LogP contribution in [0.2, 0.25) is 0 Å². The normalized spacial score (nSPS) is 15.5. The molecule has 0 aliphatic heterocycles. The fourth-order valence-electron chi connectivity index (χ4n) is 9.76. The molecule has 0 N–H and O–H groups in total. The van der Waals surface area contributed by atoms with Crippen LogP contribution in [-0.4, -0.2) is 0 Å². The molecule has 0 radical (unpaired) electrons. The fourth-order valence-corrected chi connectivity index (χ4v) is 10.9. The second-order valence-corrected chi connectivity index (χ2v) is 15.0. The third-order valence-corrected chi connectivity index (χ3v) is 12.7. The molecule has 1 atom stereocenters. The molecule has 1 unspecified atom stereocenters. The Bertz CT molecular complexity index is 2900. The van der Waals surface area contributed by atoms with Crippen molar-refractivity contribution in [1.29, 1.82) is 0 Å². The lowest BCUT2D eigenvalue weighted by molar-refractivity contribution is 0.818. The van der Waals surface area contributed by atoms with Crippen molar-refractivity contribution in [3.8, 4) is 44.5 Å². The Kier molecular flexibility index (Phi) is 5.38. The molecule has 1 heterocycles. The number of thiophene rings is 1. The van der Waals surface area contributed by atoms with E-state index >= 15 is 0 Å². The zero-order valence-electron chi connectivity index (χ0n) is 27.6.